The Kier molecular flexibility index (Phi) is 4.92. The van der Waals surface area contributed by atoms with Gasteiger partial charge in [0.05, 0.1) is 17.8 Å². The van der Waals surface area contributed by atoms with Crippen LogP contribution in [0.1, 0.15) is 11.3 Å². The van der Waals surface area contributed by atoms with Crippen LogP contribution < -0.4 is 10.1 Å². The van der Waals surface area contributed by atoms with Crippen molar-refractivity contribution in [2.45, 2.75) is 13.5 Å². The van der Waals surface area contributed by atoms with Crippen molar-refractivity contribution in [3.8, 4) is 11.6 Å². The summed E-state index contributed by atoms with van der Waals surface area (Å²) in [5.41, 5.74) is 2.43. The Hall–Kier alpha value is -3.78. The fraction of sp³-hybridized carbons (Fsp3) is 0.0952. The Labute approximate surface area is 165 Å². The first-order valence-electron chi connectivity index (χ1n) is 8.82. The van der Waals surface area contributed by atoms with Gasteiger partial charge in [-0.15, -0.1) is 0 Å². The maximum atomic E-state index is 14.9. The van der Waals surface area contributed by atoms with Crippen molar-refractivity contribution in [1.82, 2.24) is 14.5 Å². The van der Waals surface area contributed by atoms with E-state index in [1.54, 1.807) is 12.1 Å². The summed E-state index contributed by atoms with van der Waals surface area (Å²) in [6.07, 6.45) is 2.72. The molecule has 8 heteroatoms. The number of amides is 1. The van der Waals surface area contributed by atoms with Gasteiger partial charge in [-0.1, -0.05) is 12.1 Å². The summed E-state index contributed by atoms with van der Waals surface area (Å²) in [6.45, 7) is 1.65. The van der Waals surface area contributed by atoms with Gasteiger partial charge in [0.1, 0.15) is 6.33 Å². The number of fused-ring (bicyclic) bond motifs is 1. The first-order valence-corrected chi connectivity index (χ1v) is 8.82. The van der Waals surface area contributed by atoms with Crippen molar-refractivity contribution in [1.29, 1.82) is 0 Å². The number of carbonyl (C=O) groups excluding carboxylic acids is 1. The summed E-state index contributed by atoms with van der Waals surface area (Å²) in [5, 5.41) is 12.2. The Morgan fingerprint density at radius 2 is 2.07 bits per heavy atom. The Morgan fingerprint density at radius 3 is 2.86 bits per heavy atom. The maximum Gasteiger partial charge on any atom is 0.330 e. The normalized spacial score (nSPS) is 10.9. The molecule has 29 heavy (non-hydrogen) atoms. The summed E-state index contributed by atoms with van der Waals surface area (Å²) in [5.74, 6) is -0.551. The minimum atomic E-state index is -0.617. The zero-order chi connectivity index (χ0) is 20.4. The summed E-state index contributed by atoms with van der Waals surface area (Å²) < 4.78 is 21.8. The number of aliphatic hydroxyl groups excluding tert-OH is 1. The number of rotatable bonds is 4. The molecule has 4 rings (SSSR count). The van der Waals surface area contributed by atoms with E-state index in [0.29, 0.717) is 16.9 Å². The number of hydrogen-bond donors (Lipinski definition) is 2. The molecule has 0 radical (unpaired) electrons. The van der Waals surface area contributed by atoms with Crippen LogP contribution in [0.5, 0.6) is 11.6 Å². The monoisotopic (exact) mass is 392 g/mol. The highest BCUT2D eigenvalue weighted by molar-refractivity contribution is 5.99. The number of halogens is 1. The molecule has 2 aromatic heterocycles. The molecule has 1 amide bonds. The minimum Gasteiger partial charge on any atom is -0.436 e. The predicted molar refractivity (Wildman–Crippen MR) is 106 cm³/mol. The Bertz CT molecular complexity index is 1210. The van der Waals surface area contributed by atoms with E-state index in [1.807, 2.05) is 25.1 Å². The molecular formula is C21H17FN4O3. The zero-order valence-corrected chi connectivity index (χ0v) is 15.5. The van der Waals surface area contributed by atoms with Gasteiger partial charge < -0.3 is 15.2 Å². The van der Waals surface area contributed by atoms with Gasteiger partial charge in [0.15, 0.2) is 11.6 Å². The van der Waals surface area contributed by atoms with Crippen LogP contribution >= 0.6 is 0 Å². The molecule has 0 unspecified atom stereocenters. The molecule has 0 aliphatic carbocycles. The fourth-order valence-electron chi connectivity index (χ4n) is 2.96. The van der Waals surface area contributed by atoms with E-state index in [1.165, 1.54) is 35.3 Å². The molecule has 0 saturated heterocycles. The summed E-state index contributed by atoms with van der Waals surface area (Å²) >= 11 is 0. The number of benzene rings is 2. The lowest BCUT2D eigenvalue weighted by molar-refractivity contribution is 0.254. The number of nitrogens with one attached hydrogen (secondary N) is 1. The quantitative estimate of drug-likeness (QED) is 0.542. The van der Waals surface area contributed by atoms with Crippen molar-refractivity contribution in [3.63, 3.8) is 0 Å². The van der Waals surface area contributed by atoms with E-state index in [2.05, 4.69) is 15.3 Å². The lowest BCUT2D eigenvalue weighted by Gasteiger charge is -2.10. The SMILES string of the molecule is Cc1cccc(NC(=O)n2ccc3c(F)c(Oc4cc(CO)ncn4)ccc32)c1. The highest BCUT2D eigenvalue weighted by Gasteiger charge is 2.16. The number of aromatic nitrogens is 3. The predicted octanol–water partition coefficient (Wildman–Crippen LogP) is 4.24. The van der Waals surface area contributed by atoms with Gasteiger partial charge in [0.2, 0.25) is 5.88 Å². The van der Waals surface area contributed by atoms with Crippen LogP contribution in [-0.2, 0) is 6.61 Å². The smallest absolute Gasteiger partial charge is 0.330 e. The summed E-state index contributed by atoms with van der Waals surface area (Å²) in [6, 6.07) is 12.9. The third-order valence-corrected chi connectivity index (χ3v) is 4.33. The molecule has 0 atom stereocenters. The number of anilines is 1. The van der Waals surface area contributed by atoms with Crippen molar-refractivity contribution in [2.24, 2.45) is 0 Å². The topological polar surface area (TPSA) is 89.3 Å². The van der Waals surface area contributed by atoms with E-state index in [4.69, 9.17) is 9.84 Å². The average Bonchev–Trinajstić information content (AvgIpc) is 3.15. The number of nitrogens with zero attached hydrogens (tertiary/aromatic N) is 3. The largest absolute Gasteiger partial charge is 0.436 e. The molecule has 2 aromatic carbocycles. The number of hydrogen-bond acceptors (Lipinski definition) is 5. The Balaban J connectivity index is 1.62. The van der Waals surface area contributed by atoms with Crippen LogP contribution in [0.4, 0.5) is 14.9 Å². The van der Waals surface area contributed by atoms with Crippen LogP contribution in [0.25, 0.3) is 10.9 Å². The van der Waals surface area contributed by atoms with Gasteiger partial charge in [-0.3, -0.25) is 4.57 Å². The first kappa shape index (κ1) is 18.6. The molecule has 2 N–H and O–H groups in total. The van der Waals surface area contributed by atoms with Crippen LogP contribution in [0.15, 0.2) is 61.1 Å². The van der Waals surface area contributed by atoms with Crippen molar-refractivity contribution < 1.29 is 19.0 Å². The molecule has 4 aromatic rings. The zero-order valence-electron chi connectivity index (χ0n) is 15.5. The van der Waals surface area contributed by atoms with Crippen LogP contribution in [0.2, 0.25) is 0 Å². The lowest BCUT2D eigenvalue weighted by Crippen LogP contribution is -2.18. The molecule has 0 aliphatic heterocycles. The maximum absolute atomic E-state index is 14.9. The molecule has 0 spiro atoms. The molecular weight excluding hydrogens is 375 g/mol. The van der Waals surface area contributed by atoms with Gasteiger partial charge in [-0.25, -0.2) is 19.2 Å². The molecule has 0 saturated carbocycles. The van der Waals surface area contributed by atoms with Gasteiger partial charge in [0.25, 0.3) is 0 Å². The number of aryl methyl sites for hydroxylation is 1. The van der Waals surface area contributed by atoms with Crippen LogP contribution in [0, 0.1) is 12.7 Å². The molecule has 0 bridgehead atoms. The standard InChI is InChI=1S/C21H17FN4O3/c1-13-3-2-4-14(9-13)25-21(28)26-8-7-16-17(26)5-6-18(20(16)22)29-19-10-15(11-27)23-12-24-19/h2-10,12,27H,11H2,1H3,(H,25,28). The van der Waals surface area contributed by atoms with Crippen LogP contribution in [-0.4, -0.2) is 25.7 Å². The van der Waals surface area contributed by atoms with Gasteiger partial charge >= 0.3 is 6.03 Å². The second-order valence-corrected chi connectivity index (χ2v) is 6.40. The number of aliphatic hydroxyl groups is 1. The molecule has 0 aliphatic rings. The highest BCUT2D eigenvalue weighted by Crippen LogP contribution is 2.30. The molecule has 7 nitrogen and oxygen atoms in total. The second kappa shape index (κ2) is 7.69. The van der Waals surface area contributed by atoms with Crippen LogP contribution in [0.3, 0.4) is 0 Å². The van der Waals surface area contributed by atoms with E-state index >= 15 is 0 Å². The van der Waals surface area contributed by atoms with Crippen molar-refractivity contribution in [2.75, 3.05) is 5.32 Å². The minimum absolute atomic E-state index is 0.0445. The van der Waals surface area contributed by atoms with Gasteiger partial charge in [-0.05, 0) is 42.8 Å². The lowest BCUT2D eigenvalue weighted by atomic mass is 10.2. The fourth-order valence-corrected chi connectivity index (χ4v) is 2.96. The van der Waals surface area contributed by atoms with E-state index in [-0.39, 0.29) is 23.6 Å². The van der Waals surface area contributed by atoms with E-state index in [9.17, 15) is 9.18 Å². The summed E-state index contributed by atoms with van der Waals surface area (Å²) in [7, 11) is 0. The van der Waals surface area contributed by atoms with Crippen molar-refractivity contribution in [3.05, 3.63) is 78.1 Å². The van der Waals surface area contributed by atoms with E-state index < -0.39 is 11.8 Å². The van der Waals surface area contributed by atoms with Gasteiger partial charge in [-0.2, -0.15) is 0 Å². The molecule has 0 fully saturated rings. The summed E-state index contributed by atoms with van der Waals surface area (Å²) in [4.78, 5) is 20.4. The third-order valence-electron chi connectivity index (χ3n) is 4.33. The van der Waals surface area contributed by atoms with Crippen molar-refractivity contribution >= 4 is 22.6 Å². The first-order chi connectivity index (χ1) is 14.0. The number of ether oxygens (including phenoxy) is 1. The van der Waals surface area contributed by atoms with E-state index in [0.717, 1.165) is 5.56 Å². The molecule has 2 heterocycles. The Morgan fingerprint density at radius 1 is 1.21 bits per heavy atom. The highest BCUT2D eigenvalue weighted by atomic mass is 19.1. The van der Waals surface area contributed by atoms with Gasteiger partial charge in [0, 0.05) is 23.3 Å². The second-order valence-electron chi connectivity index (χ2n) is 6.40. The average molecular weight is 392 g/mol. The third kappa shape index (κ3) is 3.78. The molecule has 146 valence electrons. The number of carbonyl (C=O) groups is 1.